The Morgan fingerprint density at radius 2 is 2.09 bits per heavy atom. The SMILES string of the molecule is CNCCC(C1=CCNc2cccc(OC)c21)C1CCCCC1. The topological polar surface area (TPSA) is 33.3 Å². The Balaban J connectivity index is 1.94. The standard InChI is InChI=1S/C20H30N2O/c1-21-13-11-16(15-7-4-3-5-8-15)17-12-14-22-18-9-6-10-19(23-2)20(17)18/h6,9-10,12,15-16,21-22H,3-5,7-8,11,13-14H2,1-2H3. The van der Waals surface area contributed by atoms with Crippen molar-refractivity contribution in [1.29, 1.82) is 0 Å². The predicted octanol–water partition coefficient (Wildman–Crippen LogP) is 4.31. The molecule has 1 saturated carbocycles. The molecule has 0 saturated heterocycles. The van der Waals surface area contributed by atoms with E-state index in [-0.39, 0.29) is 0 Å². The van der Waals surface area contributed by atoms with Gasteiger partial charge in [-0.2, -0.15) is 0 Å². The Hall–Kier alpha value is -1.48. The van der Waals surface area contributed by atoms with Crippen LogP contribution < -0.4 is 15.4 Å². The average molecular weight is 314 g/mol. The van der Waals surface area contributed by atoms with E-state index in [9.17, 15) is 0 Å². The number of methoxy groups -OCH3 is 1. The summed E-state index contributed by atoms with van der Waals surface area (Å²) < 4.78 is 5.69. The van der Waals surface area contributed by atoms with Gasteiger partial charge in [-0.05, 0) is 62.4 Å². The monoisotopic (exact) mass is 314 g/mol. The molecule has 1 aliphatic carbocycles. The third-order valence-electron chi connectivity index (χ3n) is 5.47. The summed E-state index contributed by atoms with van der Waals surface area (Å²) in [7, 11) is 3.84. The zero-order valence-electron chi connectivity index (χ0n) is 14.5. The van der Waals surface area contributed by atoms with Gasteiger partial charge in [-0.1, -0.05) is 31.4 Å². The molecule has 0 aromatic heterocycles. The molecule has 3 nitrogen and oxygen atoms in total. The number of ether oxygens (including phenoxy) is 1. The minimum Gasteiger partial charge on any atom is -0.496 e. The lowest BCUT2D eigenvalue weighted by atomic mass is 9.72. The van der Waals surface area contributed by atoms with E-state index in [0.29, 0.717) is 5.92 Å². The number of nitrogens with one attached hydrogen (secondary N) is 2. The highest BCUT2D eigenvalue weighted by Gasteiger charge is 2.30. The van der Waals surface area contributed by atoms with Crippen molar-refractivity contribution in [3.63, 3.8) is 0 Å². The molecule has 126 valence electrons. The number of hydrogen-bond donors (Lipinski definition) is 2. The van der Waals surface area contributed by atoms with Crippen LogP contribution in [-0.4, -0.2) is 27.2 Å². The molecule has 1 aromatic rings. The largest absolute Gasteiger partial charge is 0.496 e. The maximum absolute atomic E-state index is 5.69. The summed E-state index contributed by atoms with van der Waals surface area (Å²) in [5.41, 5.74) is 4.04. The predicted molar refractivity (Wildman–Crippen MR) is 98.1 cm³/mol. The van der Waals surface area contributed by atoms with E-state index in [1.54, 1.807) is 7.11 Å². The minimum absolute atomic E-state index is 0.639. The summed E-state index contributed by atoms with van der Waals surface area (Å²) >= 11 is 0. The van der Waals surface area contributed by atoms with E-state index in [1.807, 2.05) is 0 Å². The first-order chi connectivity index (χ1) is 11.3. The summed E-state index contributed by atoms with van der Waals surface area (Å²) in [6.07, 6.45) is 10.6. The van der Waals surface area contributed by atoms with Crippen LogP contribution in [0.1, 0.15) is 44.1 Å². The van der Waals surface area contributed by atoms with Crippen LogP contribution in [0.5, 0.6) is 5.75 Å². The number of anilines is 1. The van der Waals surface area contributed by atoms with Crippen molar-refractivity contribution in [2.24, 2.45) is 11.8 Å². The minimum atomic E-state index is 0.639. The van der Waals surface area contributed by atoms with E-state index in [4.69, 9.17) is 4.74 Å². The van der Waals surface area contributed by atoms with Crippen molar-refractivity contribution in [3.8, 4) is 5.75 Å². The molecule has 0 radical (unpaired) electrons. The van der Waals surface area contributed by atoms with Gasteiger partial charge in [-0.15, -0.1) is 0 Å². The Bertz CT molecular complexity index is 547. The van der Waals surface area contributed by atoms with Crippen LogP contribution >= 0.6 is 0 Å². The summed E-state index contributed by atoms with van der Waals surface area (Å²) in [6.45, 7) is 2.01. The molecule has 2 N–H and O–H groups in total. The third kappa shape index (κ3) is 3.55. The zero-order valence-corrected chi connectivity index (χ0v) is 14.5. The number of benzene rings is 1. The van der Waals surface area contributed by atoms with Crippen LogP contribution in [0.15, 0.2) is 24.3 Å². The fourth-order valence-corrected chi connectivity index (χ4v) is 4.34. The van der Waals surface area contributed by atoms with Gasteiger partial charge in [0.05, 0.1) is 7.11 Å². The van der Waals surface area contributed by atoms with Gasteiger partial charge in [0.15, 0.2) is 0 Å². The van der Waals surface area contributed by atoms with E-state index in [1.165, 1.54) is 55.3 Å². The van der Waals surface area contributed by atoms with Gasteiger partial charge in [0.1, 0.15) is 5.75 Å². The number of fused-ring (bicyclic) bond motifs is 1. The molecule has 0 bridgehead atoms. The Kier molecular flexibility index (Phi) is 5.60. The summed E-state index contributed by atoms with van der Waals surface area (Å²) in [5, 5.41) is 6.86. The second-order valence-electron chi connectivity index (χ2n) is 6.82. The van der Waals surface area contributed by atoms with Crippen LogP contribution in [0.4, 0.5) is 5.69 Å². The van der Waals surface area contributed by atoms with Gasteiger partial charge >= 0.3 is 0 Å². The molecule has 3 rings (SSSR count). The molecule has 3 heteroatoms. The highest BCUT2D eigenvalue weighted by molar-refractivity contribution is 5.84. The van der Waals surface area contributed by atoms with Gasteiger partial charge in [0.25, 0.3) is 0 Å². The molecule has 2 aliphatic rings. The van der Waals surface area contributed by atoms with E-state index >= 15 is 0 Å². The molecule has 1 aliphatic heterocycles. The number of allylic oxidation sites excluding steroid dienone is 1. The molecule has 23 heavy (non-hydrogen) atoms. The van der Waals surface area contributed by atoms with Crippen LogP contribution in [0.2, 0.25) is 0 Å². The van der Waals surface area contributed by atoms with Gasteiger partial charge < -0.3 is 15.4 Å². The number of rotatable bonds is 6. The maximum atomic E-state index is 5.69. The van der Waals surface area contributed by atoms with Crippen LogP contribution in [0.25, 0.3) is 5.57 Å². The van der Waals surface area contributed by atoms with Crippen molar-refractivity contribution in [3.05, 3.63) is 29.8 Å². The zero-order chi connectivity index (χ0) is 16.1. The Morgan fingerprint density at radius 1 is 1.26 bits per heavy atom. The van der Waals surface area contributed by atoms with Crippen molar-refractivity contribution in [2.75, 3.05) is 32.6 Å². The molecular weight excluding hydrogens is 284 g/mol. The van der Waals surface area contributed by atoms with Crippen molar-refractivity contribution < 1.29 is 4.74 Å². The summed E-state index contributed by atoms with van der Waals surface area (Å²) in [6, 6.07) is 6.35. The third-order valence-corrected chi connectivity index (χ3v) is 5.47. The number of hydrogen-bond acceptors (Lipinski definition) is 3. The smallest absolute Gasteiger partial charge is 0.128 e. The normalized spacial score (nSPS) is 19.5. The quantitative estimate of drug-likeness (QED) is 0.821. The van der Waals surface area contributed by atoms with Crippen molar-refractivity contribution in [2.45, 2.75) is 38.5 Å². The van der Waals surface area contributed by atoms with Crippen LogP contribution in [-0.2, 0) is 0 Å². The van der Waals surface area contributed by atoms with Gasteiger partial charge in [-0.25, -0.2) is 0 Å². The molecule has 1 unspecified atom stereocenters. The second-order valence-corrected chi connectivity index (χ2v) is 6.82. The van der Waals surface area contributed by atoms with Crippen molar-refractivity contribution in [1.82, 2.24) is 5.32 Å². The van der Waals surface area contributed by atoms with Gasteiger partial charge in [-0.3, -0.25) is 0 Å². The van der Waals surface area contributed by atoms with Crippen molar-refractivity contribution >= 4 is 11.3 Å². The molecule has 0 amide bonds. The Labute approximate surface area is 140 Å². The Morgan fingerprint density at radius 3 is 2.83 bits per heavy atom. The fourth-order valence-electron chi connectivity index (χ4n) is 4.34. The molecule has 1 aromatic carbocycles. The van der Waals surface area contributed by atoms with E-state index < -0.39 is 0 Å². The van der Waals surface area contributed by atoms with E-state index in [0.717, 1.165) is 24.8 Å². The lowest BCUT2D eigenvalue weighted by Gasteiger charge is -2.35. The highest BCUT2D eigenvalue weighted by Crippen LogP contribution is 2.45. The van der Waals surface area contributed by atoms with Gasteiger partial charge in [0, 0.05) is 17.8 Å². The first-order valence-corrected chi connectivity index (χ1v) is 9.11. The molecule has 1 atom stereocenters. The highest BCUT2D eigenvalue weighted by atomic mass is 16.5. The lowest BCUT2D eigenvalue weighted by molar-refractivity contribution is 0.281. The first kappa shape index (κ1) is 16.4. The average Bonchev–Trinajstić information content (AvgIpc) is 2.62. The second kappa shape index (κ2) is 7.87. The maximum Gasteiger partial charge on any atom is 0.128 e. The first-order valence-electron chi connectivity index (χ1n) is 9.11. The van der Waals surface area contributed by atoms with Crippen LogP contribution in [0, 0.1) is 11.8 Å². The van der Waals surface area contributed by atoms with Gasteiger partial charge in [0.2, 0.25) is 0 Å². The summed E-state index contributed by atoms with van der Waals surface area (Å²) in [5.74, 6) is 2.46. The molecule has 0 spiro atoms. The summed E-state index contributed by atoms with van der Waals surface area (Å²) in [4.78, 5) is 0. The van der Waals surface area contributed by atoms with Crippen LogP contribution in [0.3, 0.4) is 0 Å². The lowest BCUT2D eigenvalue weighted by Crippen LogP contribution is -2.25. The molecule has 1 heterocycles. The molecular formula is C20H30N2O. The van der Waals surface area contributed by atoms with E-state index in [2.05, 4.69) is 42.0 Å². The molecule has 1 fully saturated rings. The fraction of sp³-hybridized carbons (Fsp3) is 0.600.